The van der Waals surface area contributed by atoms with Crippen molar-refractivity contribution in [2.75, 3.05) is 0 Å². The molecule has 0 radical (unpaired) electrons. The Kier molecular flexibility index (Phi) is 1.09. The number of hydrogen-bond donors (Lipinski definition) is 0. The van der Waals surface area contributed by atoms with Crippen molar-refractivity contribution in [3.05, 3.63) is 0 Å². The zero-order chi connectivity index (χ0) is 7.59. The Balaban J connectivity index is 1.80. The molecule has 0 aromatic heterocycles. The van der Waals surface area contributed by atoms with Crippen molar-refractivity contribution in [2.24, 2.45) is 35.5 Å². The molecule has 3 saturated carbocycles. The lowest BCUT2D eigenvalue weighted by Crippen LogP contribution is -2.47. The lowest BCUT2D eigenvalue weighted by molar-refractivity contribution is -0.0520. The Bertz CT molecular complexity index is 182. The average Bonchev–Trinajstić information content (AvgIpc) is 2.12. The Labute approximate surface area is 69.4 Å². The van der Waals surface area contributed by atoms with Crippen LogP contribution in [0.15, 0.2) is 0 Å². The summed E-state index contributed by atoms with van der Waals surface area (Å²) in [5.41, 5.74) is 0. The van der Waals surface area contributed by atoms with Crippen molar-refractivity contribution >= 4 is 0 Å². The smallest absolute Gasteiger partial charge is 0.0326 e. The predicted octanol–water partition coefficient (Wildman–Crippen LogP) is 2.93. The zero-order valence-corrected chi connectivity index (χ0v) is 7.59. The molecule has 11 heavy (non-hydrogen) atoms. The quantitative estimate of drug-likeness (QED) is 0.539. The van der Waals surface area contributed by atoms with Crippen LogP contribution in [0.1, 0.15) is 33.1 Å². The van der Waals surface area contributed by atoms with E-state index in [0.717, 1.165) is 11.8 Å². The van der Waals surface area contributed by atoms with Gasteiger partial charge in [0.25, 0.3) is 0 Å². The molecule has 0 bridgehead atoms. The van der Waals surface area contributed by atoms with Gasteiger partial charge in [-0.05, 0) is 54.8 Å². The molecule has 0 heteroatoms. The van der Waals surface area contributed by atoms with Crippen molar-refractivity contribution in [1.29, 1.82) is 0 Å². The second-order valence-corrected chi connectivity index (χ2v) is 5.38. The first-order valence-corrected chi connectivity index (χ1v) is 5.27. The van der Waals surface area contributed by atoms with Gasteiger partial charge in [-0.1, -0.05) is 13.8 Å². The van der Waals surface area contributed by atoms with Crippen molar-refractivity contribution in [1.82, 2.24) is 0 Å². The van der Waals surface area contributed by atoms with E-state index < -0.39 is 0 Å². The fourth-order valence-corrected chi connectivity index (χ4v) is 4.16. The van der Waals surface area contributed by atoms with Crippen LogP contribution in [0.4, 0.5) is 0 Å². The lowest BCUT2D eigenvalue weighted by atomic mass is 9.51. The summed E-state index contributed by atoms with van der Waals surface area (Å²) >= 11 is 0. The molecule has 62 valence electrons. The van der Waals surface area contributed by atoms with E-state index >= 15 is 0 Å². The van der Waals surface area contributed by atoms with E-state index in [2.05, 4.69) is 13.8 Å². The second kappa shape index (κ2) is 1.84. The maximum Gasteiger partial charge on any atom is -0.0326 e. The summed E-state index contributed by atoms with van der Waals surface area (Å²) in [6, 6.07) is 0. The fourth-order valence-electron chi connectivity index (χ4n) is 4.16. The van der Waals surface area contributed by atoms with E-state index in [1.807, 2.05) is 0 Å². The zero-order valence-electron chi connectivity index (χ0n) is 7.59. The molecule has 0 aliphatic heterocycles. The summed E-state index contributed by atoms with van der Waals surface area (Å²) in [6.45, 7) is 4.84. The molecular formula is C11H18. The van der Waals surface area contributed by atoms with Gasteiger partial charge in [0.15, 0.2) is 0 Å². The summed E-state index contributed by atoms with van der Waals surface area (Å²) in [5.74, 6) is 6.87. The molecule has 0 nitrogen and oxygen atoms in total. The Morgan fingerprint density at radius 2 is 1.73 bits per heavy atom. The van der Waals surface area contributed by atoms with E-state index in [1.165, 1.54) is 23.7 Å². The largest absolute Gasteiger partial charge is 0.0625 e. The van der Waals surface area contributed by atoms with Gasteiger partial charge in [0, 0.05) is 0 Å². The van der Waals surface area contributed by atoms with Gasteiger partial charge in [-0.25, -0.2) is 0 Å². The normalized spacial score (nSPS) is 58.6. The van der Waals surface area contributed by atoms with E-state index in [1.54, 1.807) is 19.3 Å². The summed E-state index contributed by atoms with van der Waals surface area (Å²) in [4.78, 5) is 0. The second-order valence-electron chi connectivity index (χ2n) is 5.38. The van der Waals surface area contributed by atoms with Crippen molar-refractivity contribution < 1.29 is 0 Å². The van der Waals surface area contributed by atoms with Crippen LogP contribution in [-0.4, -0.2) is 0 Å². The van der Waals surface area contributed by atoms with Crippen LogP contribution in [0.2, 0.25) is 0 Å². The first-order chi connectivity index (χ1) is 5.27. The Morgan fingerprint density at radius 1 is 1.00 bits per heavy atom. The number of hydrogen-bond acceptors (Lipinski definition) is 0. The van der Waals surface area contributed by atoms with Crippen LogP contribution in [0.25, 0.3) is 0 Å². The molecule has 0 amide bonds. The molecular weight excluding hydrogens is 132 g/mol. The minimum Gasteiger partial charge on any atom is -0.0625 e. The van der Waals surface area contributed by atoms with Gasteiger partial charge in [0.1, 0.15) is 0 Å². The summed E-state index contributed by atoms with van der Waals surface area (Å²) in [5, 5.41) is 0. The van der Waals surface area contributed by atoms with Crippen LogP contribution in [0.3, 0.4) is 0 Å². The first kappa shape index (κ1) is 6.51. The molecule has 3 fully saturated rings. The van der Waals surface area contributed by atoms with E-state index in [-0.39, 0.29) is 0 Å². The lowest BCUT2D eigenvalue weighted by Gasteiger charge is -2.54. The Morgan fingerprint density at radius 3 is 2.27 bits per heavy atom. The highest BCUT2D eigenvalue weighted by Gasteiger charge is 2.61. The fraction of sp³-hybridized carbons (Fsp3) is 1.00. The van der Waals surface area contributed by atoms with Crippen LogP contribution >= 0.6 is 0 Å². The van der Waals surface area contributed by atoms with Gasteiger partial charge in [0.2, 0.25) is 0 Å². The van der Waals surface area contributed by atoms with Gasteiger partial charge in [-0.2, -0.15) is 0 Å². The van der Waals surface area contributed by atoms with Gasteiger partial charge in [-0.3, -0.25) is 0 Å². The van der Waals surface area contributed by atoms with Crippen molar-refractivity contribution in [2.45, 2.75) is 33.1 Å². The molecule has 3 aliphatic rings. The van der Waals surface area contributed by atoms with Gasteiger partial charge in [0.05, 0.1) is 0 Å². The molecule has 0 N–H and O–H groups in total. The predicted molar refractivity (Wildman–Crippen MR) is 46.1 cm³/mol. The maximum atomic E-state index is 2.42. The third-order valence-electron chi connectivity index (χ3n) is 4.74. The highest BCUT2D eigenvalue weighted by molar-refractivity contribution is 5.10. The standard InChI is InChI=1S/C11H18/c1-6(2)9-4-7-3-8-5-10(9)11(7)8/h6-11H,3-5H2,1-2H3. The van der Waals surface area contributed by atoms with Crippen molar-refractivity contribution in [3.63, 3.8) is 0 Å². The molecule has 5 atom stereocenters. The third kappa shape index (κ3) is 0.625. The molecule has 0 saturated heterocycles. The highest BCUT2D eigenvalue weighted by atomic mass is 14.7. The molecule has 0 spiro atoms. The summed E-state index contributed by atoms with van der Waals surface area (Å²) < 4.78 is 0. The number of rotatable bonds is 1. The molecule has 0 aromatic carbocycles. The minimum atomic E-state index is 0.964. The van der Waals surface area contributed by atoms with Crippen LogP contribution in [0.5, 0.6) is 0 Å². The maximum absolute atomic E-state index is 2.42. The van der Waals surface area contributed by atoms with Crippen LogP contribution < -0.4 is 0 Å². The average molecular weight is 150 g/mol. The summed E-state index contributed by atoms with van der Waals surface area (Å²) in [7, 11) is 0. The Hall–Kier alpha value is 0. The molecule has 5 unspecified atom stereocenters. The SMILES string of the molecule is CC(C)C1CC2CC3CC1C23. The van der Waals surface area contributed by atoms with E-state index in [4.69, 9.17) is 0 Å². The van der Waals surface area contributed by atoms with Gasteiger partial charge >= 0.3 is 0 Å². The first-order valence-electron chi connectivity index (χ1n) is 5.27. The molecule has 0 heterocycles. The monoisotopic (exact) mass is 150 g/mol. The minimum absolute atomic E-state index is 0.964. The summed E-state index contributed by atoms with van der Waals surface area (Å²) in [6.07, 6.45) is 4.79. The van der Waals surface area contributed by atoms with E-state index in [0.29, 0.717) is 0 Å². The molecule has 3 aliphatic carbocycles. The van der Waals surface area contributed by atoms with Crippen LogP contribution in [-0.2, 0) is 0 Å². The highest BCUT2D eigenvalue weighted by Crippen LogP contribution is 2.68. The molecule has 3 rings (SSSR count). The van der Waals surface area contributed by atoms with Gasteiger partial charge < -0.3 is 0 Å². The topological polar surface area (TPSA) is 0 Å². The third-order valence-corrected chi connectivity index (χ3v) is 4.74. The molecule has 0 aromatic rings. The van der Waals surface area contributed by atoms with Gasteiger partial charge in [-0.15, -0.1) is 0 Å². The van der Waals surface area contributed by atoms with Crippen molar-refractivity contribution in [3.8, 4) is 0 Å². The van der Waals surface area contributed by atoms with E-state index in [9.17, 15) is 0 Å². The van der Waals surface area contributed by atoms with Crippen LogP contribution in [0, 0.1) is 35.5 Å².